The number of fused-ring (bicyclic) bond motifs is 4. The second kappa shape index (κ2) is 20.9. The summed E-state index contributed by atoms with van der Waals surface area (Å²) in [5.41, 5.74) is 12.1. The van der Waals surface area contributed by atoms with E-state index in [4.69, 9.17) is 61.6 Å². The van der Waals surface area contributed by atoms with E-state index in [1.807, 2.05) is 71.5 Å². The first-order chi connectivity index (χ1) is 38.3. The molecule has 10 aromatic rings. The number of pyridine rings is 2. The molecule has 18 nitrogen and oxygen atoms in total. The van der Waals surface area contributed by atoms with Gasteiger partial charge in [0.05, 0.1) is 94.3 Å². The van der Waals surface area contributed by atoms with Gasteiger partial charge in [0, 0.05) is 35.6 Å². The van der Waals surface area contributed by atoms with Crippen molar-refractivity contribution in [1.29, 1.82) is 0 Å². The van der Waals surface area contributed by atoms with Gasteiger partial charge in [-0.15, -0.1) is 0 Å². The van der Waals surface area contributed by atoms with E-state index in [0.29, 0.717) is 100 Å². The van der Waals surface area contributed by atoms with Crippen molar-refractivity contribution < 1.29 is 33.5 Å². The Balaban J connectivity index is 0.000000151. The highest BCUT2D eigenvalue weighted by Gasteiger charge is 2.48. The third kappa shape index (κ3) is 10.5. The molecule has 4 aliphatic rings. The zero-order chi connectivity index (χ0) is 53.9. The highest BCUT2D eigenvalue weighted by atomic mass is 35.5. The molecule has 4 aromatic carbocycles. The Morgan fingerprint density at radius 2 is 1.00 bits per heavy atom. The van der Waals surface area contributed by atoms with Crippen molar-refractivity contribution in [3.8, 4) is 68.2 Å². The molecule has 0 unspecified atom stereocenters. The fourth-order valence-electron chi connectivity index (χ4n) is 10.8. The summed E-state index contributed by atoms with van der Waals surface area (Å²) in [7, 11) is 0. The predicted molar refractivity (Wildman–Crippen MR) is 298 cm³/mol. The van der Waals surface area contributed by atoms with E-state index in [-0.39, 0.29) is 36.6 Å². The zero-order valence-electron chi connectivity index (χ0n) is 43.5. The summed E-state index contributed by atoms with van der Waals surface area (Å²) in [6, 6.07) is 37.0. The minimum absolute atomic E-state index is 0.0641. The molecule has 79 heavy (non-hydrogen) atoms. The molecule has 4 fully saturated rings. The lowest BCUT2D eigenvalue weighted by molar-refractivity contribution is 0.0262. The fourth-order valence-corrected chi connectivity index (χ4v) is 11.3. The van der Waals surface area contributed by atoms with Gasteiger partial charge >= 0.3 is 0 Å². The minimum atomic E-state index is -0.774. The van der Waals surface area contributed by atoms with Crippen molar-refractivity contribution >= 4 is 45.5 Å². The summed E-state index contributed by atoms with van der Waals surface area (Å²) in [6.45, 7) is 10.2. The average molecular weight is 1100 g/mol. The number of ether oxygens (including phenoxy) is 6. The van der Waals surface area contributed by atoms with E-state index in [0.717, 1.165) is 50.3 Å². The number of aliphatic hydroxyl groups is 1. The number of H-pyrrole nitrogens is 2. The van der Waals surface area contributed by atoms with Gasteiger partial charge in [0.1, 0.15) is 24.9 Å². The van der Waals surface area contributed by atoms with Crippen LogP contribution in [0.25, 0.3) is 78.5 Å². The van der Waals surface area contributed by atoms with Crippen LogP contribution in [-0.4, -0.2) is 128 Å². The molecular weight excluding hydrogens is 1050 g/mol. The number of halogens is 2. The lowest BCUT2D eigenvalue weighted by Gasteiger charge is -2.15. The Labute approximate surface area is 464 Å². The Morgan fingerprint density at radius 1 is 0.570 bits per heavy atom. The molecule has 402 valence electrons. The standard InChI is InChI=1S/C32H32ClN5O4.C27H23ClN6O3/c1-18-16-40-29-26(17-41-28(18)29)42-31-35-25-12-24(33)27(36-30(25)37-31)22-6-4-20(5-7-22)21-8-10-23(11-9-21)38-15-19(14-34-38)13-32(2,3)39;1-15-11-35-25-22(12-36-24(15)25)37-27-31-21-10-20(28)23(32-26(21)33-27)18-4-2-16(3-5-18)17-6-8-19(9-7-17)34-14-29-13-30-34/h4-12,14-15,18,26,28-29,39H,13,16-17H2,1-3H3,(H,35,36,37);2-10,13-15,22,24-25H,11-12H2,1H3,(H,31,32,33)/t18-,26-,28-,29-;15-,22-,24-,25-/m11/s1. The largest absolute Gasteiger partial charge is 0.456 e. The monoisotopic (exact) mass is 1100 g/mol. The van der Waals surface area contributed by atoms with Gasteiger partial charge in [-0.1, -0.05) is 110 Å². The number of hydrogen-bond acceptors (Lipinski definition) is 14. The molecule has 8 atom stereocenters. The van der Waals surface area contributed by atoms with Crippen LogP contribution >= 0.6 is 23.2 Å². The molecule has 0 aliphatic carbocycles. The molecule has 0 spiro atoms. The normalized spacial score (nSPS) is 22.5. The molecule has 0 bridgehead atoms. The van der Waals surface area contributed by atoms with E-state index in [9.17, 15) is 5.11 Å². The molecule has 6 aromatic heterocycles. The molecule has 3 N–H and O–H groups in total. The van der Waals surface area contributed by atoms with Crippen LogP contribution in [-0.2, 0) is 25.4 Å². The molecule has 10 heterocycles. The lowest BCUT2D eigenvalue weighted by Crippen LogP contribution is -2.33. The first-order valence-electron chi connectivity index (χ1n) is 26.3. The summed E-state index contributed by atoms with van der Waals surface area (Å²) in [5, 5.41) is 19.8. The van der Waals surface area contributed by atoms with Crippen molar-refractivity contribution in [2.24, 2.45) is 11.8 Å². The first-order valence-corrected chi connectivity index (χ1v) is 27.0. The Hall–Kier alpha value is -7.55. The Kier molecular flexibility index (Phi) is 13.5. The van der Waals surface area contributed by atoms with E-state index in [1.54, 1.807) is 31.1 Å². The molecule has 14 rings (SSSR count). The van der Waals surface area contributed by atoms with Crippen LogP contribution < -0.4 is 9.47 Å². The number of aromatic nitrogens is 11. The van der Waals surface area contributed by atoms with Crippen molar-refractivity contribution in [3.05, 3.63) is 150 Å². The quantitative estimate of drug-likeness (QED) is 0.104. The molecule has 4 aliphatic heterocycles. The SMILES string of the molecule is C[C@@H]1CO[C@H]2[C@@H]1OC[C@H]2Oc1nc2nc(-c3ccc(-c4ccc(-n5cc(CC(C)(C)O)cn5)cc4)cc3)c(Cl)cc2[nH]1.C[C@@H]1CO[C@H]2[C@@H]1OC[C@H]2Oc1nc2nc(-c3ccc(-c4ccc(-n5cncn5)cc4)cc3)c(Cl)cc2[nH]1. The van der Waals surface area contributed by atoms with Gasteiger partial charge in [0.15, 0.2) is 23.5 Å². The maximum absolute atomic E-state index is 10.1. The van der Waals surface area contributed by atoms with Gasteiger partial charge in [0.2, 0.25) is 0 Å². The van der Waals surface area contributed by atoms with Gasteiger partial charge in [-0.3, -0.25) is 0 Å². The Morgan fingerprint density at radius 3 is 1.44 bits per heavy atom. The molecule has 0 saturated carbocycles. The van der Waals surface area contributed by atoms with E-state index in [2.05, 4.69) is 97.5 Å². The van der Waals surface area contributed by atoms with E-state index < -0.39 is 5.60 Å². The summed E-state index contributed by atoms with van der Waals surface area (Å²) < 4.78 is 39.3. The van der Waals surface area contributed by atoms with E-state index >= 15 is 0 Å². The third-order valence-electron chi connectivity index (χ3n) is 14.8. The Bertz CT molecular complexity index is 3770. The second-order valence-corrected chi connectivity index (χ2v) is 22.1. The molecular formula is C59H55Cl2N11O7. The van der Waals surface area contributed by atoms with Crippen molar-refractivity contribution in [3.63, 3.8) is 0 Å². The van der Waals surface area contributed by atoms with Crippen LogP contribution in [0.2, 0.25) is 10.0 Å². The number of rotatable bonds is 12. The number of imidazole rings is 2. The second-order valence-electron chi connectivity index (χ2n) is 21.3. The highest BCUT2D eigenvalue weighted by molar-refractivity contribution is 6.34. The van der Waals surface area contributed by atoms with E-state index in [1.165, 1.54) is 6.33 Å². The number of nitrogens with zero attached hydrogens (tertiary/aromatic N) is 9. The fraction of sp³-hybridized carbons (Fsp3) is 0.305. The van der Waals surface area contributed by atoms with Crippen molar-refractivity contribution in [1.82, 2.24) is 54.4 Å². The van der Waals surface area contributed by atoms with Gasteiger partial charge in [0.25, 0.3) is 12.0 Å². The highest BCUT2D eigenvalue weighted by Crippen LogP contribution is 2.37. The molecule has 0 amide bonds. The van der Waals surface area contributed by atoms with Gasteiger partial charge < -0.3 is 43.5 Å². The smallest absolute Gasteiger partial charge is 0.296 e. The molecule has 0 radical (unpaired) electrons. The number of aromatic amines is 2. The average Bonchev–Trinajstić information content (AvgIpc) is 4.46. The maximum Gasteiger partial charge on any atom is 0.296 e. The van der Waals surface area contributed by atoms with Crippen molar-refractivity contribution in [2.75, 3.05) is 26.4 Å². The predicted octanol–water partition coefficient (Wildman–Crippen LogP) is 10.3. The van der Waals surface area contributed by atoms with Crippen LogP contribution in [0.3, 0.4) is 0 Å². The zero-order valence-corrected chi connectivity index (χ0v) is 45.0. The number of hydrogen-bond donors (Lipinski definition) is 3. The number of nitrogens with one attached hydrogen (secondary N) is 2. The summed E-state index contributed by atoms with van der Waals surface area (Å²) in [6.07, 6.45) is 7.04. The topological polar surface area (TPSA) is 207 Å². The maximum atomic E-state index is 10.1. The van der Waals surface area contributed by atoms with Gasteiger partial charge in [-0.25, -0.2) is 24.3 Å². The third-order valence-corrected chi connectivity index (χ3v) is 15.4. The van der Waals surface area contributed by atoms with Crippen LogP contribution in [0.15, 0.2) is 134 Å². The van der Waals surface area contributed by atoms with Crippen LogP contribution in [0, 0.1) is 11.8 Å². The van der Waals surface area contributed by atoms with Gasteiger partial charge in [-0.2, -0.15) is 20.2 Å². The first kappa shape index (κ1) is 50.9. The summed E-state index contributed by atoms with van der Waals surface area (Å²) >= 11 is 13.3. The lowest BCUT2D eigenvalue weighted by atomic mass is 10.0. The van der Waals surface area contributed by atoms with Crippen LogP contribution in [0.1, 0.15) is 33.3 Å². The summed E-state index contributed by atoms with van der Waals surface area (Å²) in [4.78, 5) is 29.0. The van der Waals surface area contributed by atoms with Crippen molar-refractivity contribution in [2.45, 2.75) is 76.3 Å². The summed E-state index contributed by atoms with van der Waals surface area (Å²) in [5.74, 6) is 0.720. The minimum Gasteiger partial charge on any atom is -0.456 e. The van der Waals surface area contributed by atoms with Gasteiger partial charge in [-0.05, 0) is 78.1 Å². The molecule has 4 saturated heterocycles. The molecule has 20 heteroatoms. The van der Waals surface area contributed by atoms with Crippen LogP contribution in [0.5, 0.6) is 12.0 Å². The number of benzene rings is 4. The van der Waals surface area contributed by atoms with Crippen LogP contribution in [0.4, 0.5) is 0 Å².